The van der Waals surface area contributed by atoms with Crippen LogP contribution in [0.5, 0.6) is 5.75 Å². The molecule has 0 atom stereocenters. The molecule has 0 spiro atoms. The fraction of sp³-hybridized carbons (Fsp3) is 0.312. The van der Waals surface area contributed by atoms with Crippen LogP contribution in [0, 0.1) is 0 Å². The van der Waals surface area contributed by atoms with E-state index in [0.717, 1.165) is 21.8 Å². The number of esters is 1. The lowest BCUT2D eigenvalue weighted by Crippen LogP contribution is -2.11. The van der Waals surface area contributed by atoms with Crippen molar-refractivity contribution in [1.29, 1.82) is 0 Å². The number of nitrogens with two attached hydrogens (primary N) is 1. The molecule has 1 aromatic heterocycles. The van der Waals surface area contributed by atoms with Crippen LogP contribution in [-0.2, 0) is 11.3 Å². The van der Waals surface area contributed by atoms with Gasteiger partial charge in [0.2, 0.25) is 0 Å². The highest BCUT2D eigenvalue weighted by atomic mass is 32.1. The minimum atomic E-state index is -0.420. The summed E-state index contributed by atoms with van der Waals surface area (Å²) in [7, 11) is 6.93. The third kappa shape index (κ3) is 3.23. The van der Waals surface area contributed by atoms with Gasteiger partial charge in [0.15, 0.2) is 0 Å². The molecule has 0 bridgehead atoms. The first-order valence-corrected chi connectivity index (χ1v) is 7.58. The number of hydrogen-bond donors (Lipinski definition) is 1. The van der Waals surface area contributed by atoms with Gasteiger partial charge in [-0.2, -0.15) is 0 Å². The van der Waals surface area contributed by atoms with E-state index in [0.29, 0.717) is 17.1 Å². The van der Waals surface area contributed by atoms with E-state index in [1.807, 2.05) is 43.3 Å². The first-order chi connectivity index (χ1) is 10.5. The second-order valence-electron chi connectivity index (χ2n) is 5.10. The second kappa shape index (κ2) is 6.81. The molecule has 1 heterocycles. The summed E-state index contributed by atoms with van der Waals surface area (Å²) in [5.41, 5.74) is 8.21. The van der Waals surface area contributed by atoms with Gasteiger partial charge in [-0.05, 0) is 31.8 Å². The first-order valence-electron chi connectivity index (χ1n) is 6.76. The first kappa shape index (κ1) is 16.3. The molecule has 0 radical (unpaired) electrons. The van der Waals surface area contributed by atoms with E-state index in [4.69, 9.17) is 15.2 Å². The highest BCUT2D eigenvalue weighted by molar-refractivity contribution is 7.17. The molecule has 0 aliphatic carbocycles. The van der Waals surface area contributed by atoms with E-state index in [2.05, 4.69) is 0 Å². The van der Waals surface area contributed by atoms with Gasteiger partial charge in [0, 0.05) is 17.0 Å². The van der Waals surface area contributed by atoms with E-state index >= 15 is 0 Å². The van der Waals surface area contributed by atoms with Crippen molar-refractivity contribution in [2.45, 2.75) is 6.54 Å². The summed E-state index contributed by atoms with van der Waals surface area (Å²) in [6, 6.07) is 7.59. The number of anilines is 1. The molecule has 6 heteroatoms. The van der Waals surface area contributed by atoms with Gasteiger partial charge in [-0.25, -0.2) is 4.79 Å². The molecule has 0 aliphatic heterocycles. The topological polar surface area (TPSA) is 64.8 Å². The van der Waals surface area contributed by atoms with Gasteiger partial charge in [0.1, 0.15) is 16.3 Å². The summed E-state index contributed by atoms with van der Waals surface area (Å²) < 4.78 is 10.2. The summed E-state index contributed by atoms with van der Waals surface area (Å²) in [6.45, 7) is 0.693. The normalized spacial score (nSPS) is 10.8. The zero-order valence-corrected chi connectivity index (χ0v) is 14.0. The molecule has 2 rings (SSSR count). The molecular formula is C16H20N2O3S. The minimum Gasteiger partial charge on any atom is -0.497 e. The van der Waals surface area contributed by atoms with Gasteiger partial charge in [0.25, 0.3) is 0 Å². The van der Waals surface area contributed by atoms with Crippen LogP contribution in [0.2, 0.25) is 0 Å². The lowest BCUT2D eigenvalue weighted by atomic mass is 10.0. The van der Waals surface area contributed by atoms with Gasteiger partial charge in [-0.3, -0.25) is 0 Å². The Labute approximate surface area is 134 Å². The van der Waals surface area contributed by atoms with Crippen LogP contribution in [0.4, 0.5) is 5.00 Å². The van der Waals surface area contributed by atoms with Crippen molar-refractivity contribution in [3.05, 3.63) is 34.7 Å². The third-order valence-electron chi connectivity index (χ3n) is 3.22. The van der Waals surface area contributed by atoms with E-state index < -0.39 is 5.97 Å². The number of hydrogen-bond acceptors (Lipinski definition) is 6. The summed E-state index contributed by atoms with van der Waals surface area (Å²) in [4.78, 5) is 15.2. The van der Waals surface area contributed by atoms with E-state index in [9.17, 15) is 4.79 Å². The number of thiophene rings is 1. The number of nitrogens with zero attached hydrogens (tertiary/aromatic N) is 1. The Kier molecular flexibility index (Phi) is 5.05. The number of benzene rings is 1. The maximum atomic E-state index is 12.1. The summed E-state index contributed by atoms with van der Waals surface area (Å²) in [5, 5.41) is 0.474. The molecule has 2 aromatic rings. The molecule has 0 unspecified atom stereocenters. The molecule has 118 valence electrons. The average Bonchev–Trinajstić information content (AvgIpc) is 2.81. The van der Waals surface area contributed by atoms with Crippen molar-refractivity contribution in [3.63, 3.8) is 0 Å². The average molecular weight is 320 g/mol. The smallest absolute Gasteiger partial charge is 0.341 e. The number of nitrogen functional groups attached to an aromatic ring is 1. The Balaban J connectivity index is 2.65. The molecule has 0 aliphatic rings. The van der Waals surface area contributed by atoms with Crippen molar-refractivity contribution in [3.8, 4) is 16.9 Å². The minimum absolute atomic E-state index is 0.420. The lowest BCUT2D eigenvalue weighted by molar-refractivity contribution is 0.0603. The molecule has 2 N–H and O–H groups in total. The maximum absolute atomic E-state index is 12.1. The van der Waals surface area contributed by atoms with Crippen LogP contribution in [0.3, 0.4) is 0 Å². The summed E-state index contributed by atoms with van der Waals surface area (Å²) >= 11 is 1.42. The molecule has 0 amide bonds. The third-order valence-corrected chi connectivity index (χ3v) is 4.22. The van der Waals surface area contributed by atoms with Gasteiger partial charge in [-0.1, -0.05) is 12.1 Å². The Bertz CT molecular complexity index is 680. The zero-order chi connectivity index (χ0) is 16.3. The standard InChI is InChI=1S/C16H20N2O3S/c1-18(2)9-12-13(10-6-5-7-11(8-10)20-3)14(15(17)22-12)16(19)21-4/h5-8H,9,17H2,1-4H3. The fourth-order valence-corrected chi connectivity index (χ4v) is 3.48. The Morgan fingerprint density at radius 1 is 1.32 bits per heavy atom. The van der Waals surface area contributed by atoms with Crippen LogP contribution in [0.25, 0.3) is 11.1 Å². The maximum Gasteiger partial charge on any atom is 0.341 e. The predicted molar refractivity (Wildman–Crippen MR) is 89.4 cm³/mol. The monoisotopic (exact) mass is 320 g/mol. The van der Waals surface area contributed by atoms with E-state index in [1.54, 1.807) is 7.11 Å². The Morgan fingerprint density at radius 3 is 2.64 bits per heavy atom. The lowest BCUT2D eigenvalue weighted by Gasteiger charge is -2.12. The van der Waals surface area contributed by atoms with Crippen molar-refractivity contribution in [1.82, 2.24) is 4.90 Å². The number of ether oxygens (including phenoxy) is 2. The van der Waals surface area contributed by atoms with Crippen LogP contribution in [0.15, 0.2) is 24.3 Å². The zero-order valence-electron chi connectivity index (χ0n) is 13.2. The largest absolute Gasteiger partial charge is 0.497 e. The predicted octanol–water partition coefficient (Wildman–Crippen LogP) is 2.85. The number of carbonyl (C=O) groups is 1. The van der Waals surface area contributed by atoms with Crippen molar-refractivity contribution in [2.24, 2.45) is 0 Å². The van der Waals surface area contributed by atoms with Gasteiger partial charge < -0.3 is 20.1 Å². The van der Waals surface area contributed by atoms with Crippen molar-refractivity contribution >= 4 is 22.3 Å². The number of rotatable bonds is 5. The number of methoxy groups -OCH3 is 2. The van der Waals surface area contributed by atoms with Crippen LogP contribution in [0.1, 0.15) is 15.2 Å². The van der Waals surface area contributed by atoms with Crippen LogP contribution in [-0.4, -0.2) is 39.2 Å². The molecule has 0 saturated heterocycles. The van der Waals surface area contributed by atoms with Crippen LogP contribution >= 0.6 is 11.3 Å². The summed E-state index contributed by atoms with van der Waals surface area (Å²) in [6.07, 6.45) is 0. The molecular weight excluding hydrogens is 300 g/mol. The van der Waals surface area contributed by atoms with Gasteiger partial charge >= 0.3 is 5.97 Å². The van der Waals surface area contributed by atoms with E-state index in [1.165, 1.54) is 18.4 Å². The Hall–Kier alpha value is -2.05. The Morgan fingerprint density at radius 2 is 2.05 bits per heavy atom. The fourth-order valence-electron chi connectivity index (χ4n) is 2.28. The quantitative estimate of drug-likeness (QED) is 0.858. The van der Waals surface area contributed by atoms with Gasteiger partial charge in [0.05, 0.1) is 14.2 Å². The molecule has 1 aromatic carbocycles. The van der Waals surface area contributed by atoms with Crippen LogP contribution < -0.4 is 10.5 Å². The van der Waals surface area contributed by atoms with Crippen molar-refractivity contribution < 1.29 is 14.3 Å². The molecule has 5 nitrogen and oxygen atoms in total. The van der Waals surface area contributed by atoms with Gasteiger partial charge in [-0.15, -0.1) is 11.3 Å². The highest BCUT2D eigenvalue weighted by Crippen LogP contribution is 2.40. The summed E-state index contributed by atoms with van der Waals surface area (Å²) in [5.74, 6) is 0.311. The molecule has 0 saturated carbocycles. The molecule has 0 fully saturated rings. The van der Waals surface area contributed by atoms with E-state index in [-0.39, 0.29) is 0 Å². The second-order valence-corrected chi connectivity index (χ2v) is 6.24. The molecule has 22 heavy (non-hydrogen) atoms. The SMILES string of the molecule is COC(=O)c1c(N)sc(CN(C)C)c1-c1cccc(OC)c1. The van der Waals surface area contributed by atoms with Crippen molar-refractivity contribution in [2.75, 3.05) is 34.0 Å². The number of carbonyl (C=O) groups excluding carboxylic acids is 1. The highest BCUT2D eigenvalue weighted by Gasteiger charge is 2.24.